The minimum absolute atomic E-state index is 0.0213. The Hall–Kier alpha value is -2.58. The lowest BCUT2D eigenvalue weighted by molar-refractivity contribution is -0.151. The van der Waals surface area contributed by atoms with Crippen LogP contribution in [0.4, 0.5) is 13.2 Å². The van der Waals surface area contributed by atoms with Crippen LogP contribution in [0.5, 0.6) is 0 Å². The number of carbonyl (C=O) groups excluding carboxylic acids is 1. The van der Waals surface area contributed by atoms with Crippen LogP contribution in [0.1, 0.15) is 166 Å². The van der Waals surface area contributed by atoms with E-state index in [0.29, 0.717) is 17.2 Å². The first-order valence-corrected chi connectivity index (χ1v) is 18.5. The molecule has 3 atom stereocenters. The number of alkyl halides is 3. The topological polar surface area (TPSA) is 99.6 Å². The molecule has 0 aromatic carbocycles. The van der Waals surface area contributed by atoms with Crippen LogP contribution in [-0.2, 0) is 25.2 Å². The molecular formula is C37H59F3N2O6. The summed E-state index contributed by atoms with van der Waals surface area (Å²) in [6.45, 7) is 1.97. The van der Waals surface area contributed by atoms with Gasteiger partial charge in [0.05, 0.1) is 6.10 Å². The molecular weight excluding hydrogens is 625 g/mol. The van der Waals surface area contributed by atoms with Gasteiger partial charge in [0.2, 0.25) is 0 Å². The summed E-state index contributed by atoms with van der Waals surface area (Å²) in [7, 11) is 0. The van der Waals surface area contributed by atoms with Crippen molar-refractivity contribution in [3.8, 4) is 12.3 Å². The number of unbranched alkanes of at least 4 members (excludes halogenated alkanes) is 20. The van der Waals surface area contributed by atoms with Crippen molar-refractivity contribution in [1.82, 2.24) is 9.55 Å². The van der Waals surface area contributed by atoms with Crippen molar-refractivity contribution in [2.24, 2.45) is 0 Å². The van der Waals surface area contributed by atoms with Crippen molar-refractivity contribution in [2.45, 2.75) is 179 Å². The van der Waals surface area contributed by atoms with Crippen LogP contribution in [0.3, 0.4) is 0 Å². The summed E-state index contributed by atoms with van der Waals surface area (Å²) in [5.41, 5.74) is -4.11. The fourth-order valence-corrected chi connectivity index (χ4v) is 6.20. The summed E-state index contributed by atoms with van der Waals surface area (Å²) in [4.78, 5) is 37.9. The first-order chi connectivity index (χ1) is 23.2. The Morgan fingerprint density at radius 2 is 1.35 bits per heavy atom. The van der Waals surface area contributed by atoms with Crippen LogP contribution in [0.25, 0.3) is 0 Å². The van der Waals surface area contributed by atoms with E-state index in [1.807, 2.05) is 0 Å². The van der Waals surface area contributed by atoms with Crippen LogP contribution in [0, 0.1) is 12.3 Å². The van der Waals surface area contributed by atoms with E-state index in [-0.39, 0.29) is 26.1 Å². The highest BCUT2D eigenvalue weighted by Crippen LogP contribution is 2.32. The van der Waals surface area contributed by atoms with Crippen molar-refractivity contribution >= 4 is 5.97 Å². The monoisotopic (exact) mass is 684 g/mol. The molecule has 8 nitrogen and oxygen atoms in total. The van der Waals surface area contributed by atoms with E-state index < -0.39 is 47.4 Å². The van der Waals surface area contributed by atoms with Gasteiger partial charge in [0.15, 0.2) is 0 Å². The Morgan fingerprint density at radius 3 is 1.81 bits per heavy atom. The molecule has 0 amide bonds. The molecule has 1 aromatic heterocycles. The van der Waals surface area contributed by atoms with Crippen molar-refractivity contribution in [2.75, 3.05) is 13.2 Å². The highest BCUT2D eigenvalue weighted by molar-refractivity contribution is 5.69. The normalized spacial score (nSPS) is 17.9. The number of carbonyl (C=O) groups is 1. The Labute approximate surface area is 284 Å². The molecule has 1 aliphatic rings. The standard InChI is InChI=1S/C37H59F3N2O6/c1-3-5-6-7-8-9-10-11-12-13-14-15-16-17-18-19-20-21-22-23-24-25-34(43)47-29-32-31(46-26-4-2)27-33(48-32)42-28-30(37(38,39)40)35(44)41-36(42)45/h2,28,31-33H,3,5-27,29H2,1H3,(H,41,44,45)/t31-,32+,33+/m0/s1. The maximum absolute atomic E-state index is 13.2. The molecule has 1 saturated heterocycles. The van der Waals surface area contributed by atoms with Gasteiger partial charge >= 0.3 is 17.8 Å². The van der Waals surface area contributed by atoms with Gasteiger partial charge in [0, 0.05) is 19.0 Å². The van der Waals surface area contributed by atoms with Gasteiger partial charge in [-0.3, -0.25) is 19.1 Å². The van der Waals surface area contributed by atoms with Gasteiger partial charge in [0.25, 0.3) is 5.56 Å². The molecule has 1 aliphatic heterocycles. The number of ether oxygens (including phenoxy) is 3. The molecule has 0 bridgehead atoms. The van der Waals surface area contributed by atoms with Gasteiger partial charge in [-0.05, 0) is 6.42 Å². The number of aromatic amines is 1. The van der Waals surface area contributed by atoms with Gasteiger partial charge in [-0.15, -0.1) is 6.42 Å². The van der Waals surface area contributed by atoms with Crippen LogP contribution < -0.4 is 11.2 Å². The molecule has 274 valence electrons. The highest BCUT2D eigenvalue weighted by atomic mass is 19.4. The minimum Gasteiger partial charge on any atom is -0.463 e. The van der Waals surface area contributed by atoms with E-state index >= 15 is 0 Å². The summed E-state index contributed by atoms with van der Waals surface area (Å²) in [6, 6.07) is 0. The van der Waals surface area contributed by atoms with E-state index in [1.165, 1.54) is 109 Å². The number of esters is 1. The molecule has 2 rings (SSSR count). The Kier molecular flexibility index (Phi) is 21.3. The second-order valence-electron chi connectivity index (χ2n) is 13.1. The van der Waals surface area contributed by atoms with Crippen molar-refractivity contribution < 1.29 is 32.2 Å². The average Bonchev–Trinajstić information content (AvgIpc) is 3.45. The van der Waals surface area contributed by atoms with Gasteiger partial charge in [-0.1, -0.05) is 141 Å². The molecule has 0 radical (unpaired) electrons. The number of terminal acetylenes is 1. The lowest BCUT2D eigenvalue weighted by atomic mass is 10.0. The van der Waals surface area contributed by atoms with E-state index in [2.05, 4.69) is 12.8 Å². The lowest BCUT2D eigenvalue weighted by Gasteiger charge is -2.18. The van der Waals surface area contributed by atoms with Crippen LogP contribution in [-0.4, -0.2) is 40.9 Å². The zero-order valence-electron chi connectivity index (χ0n) is 29.1. The maximum atomic E-state index is 13.2. The minimum atomic E-state index is -4.96. The average molecular weight is 685 g/mol. The third-order valence-electron chi connectivity index (χ3n) is 9.04. The van der Waals surface area contributed by atoms with E-state index in [9.17, 15) is 27.6 Å². The second kappa shape index (κ2) is 24.5. The molecule has 48 heavy (non-hydrogen) atoms. The third kappa shape index (κ3) is 17.2. The Bertz CT molecular complexity index is 1180. The number of H-pyrrole nitrogens is 1. The van der Waals surface area contributed by atoms with Gasteiger partial charge in [0.1, 0.15) is 31.1 Å². The fraction of sp³-hybridized carbons (Fsp3) is 0.811. The van der Waals surface area contributed by atoms with Crippen LogP contribution in [0.2, 0.25) is 0 Å². The van der Waals surface area contributed by atoms with E-state index in [1.54, 1.807) is 4.98 Å². The SMILES string of the molecule is C#CCO[C@H]1C[C@H](n2cc(C(F)(F)F)c(=O)[nH]c2=O)O[C@@H]1COC(=O)CCCCCCCCCCCCCCCCCCCCCCC. The first-order valence-electron chi connectivity index (χ1n) is 18.5. The molecule has 0 unspecified atom stereocenters. The number of nitrogens with one attached hydrogen (secondary N) is 1. The number of aromatic nitrogens is 2. The quantitative estimate of drug-likeness (QED) is 0.0564. The van der Waals surface area contributed by atoms with E-state index in [4.69, 9.17) is 20.6 Å². The predicted octanol–water partition coefficient (Wildman–Crippen LogP) is 9.01. The van der Waals surface area contributed by atoms with Crippen LogP contribution >= 0.6 is 0 Å². The smallest absolute Gasteiger partial charge is 0.423 e. The van der Waals surface area contributed by atoms with E-state index in [0.717, 1.165) is 19.3 Å². The predicted molar refractivity (Wildman–Crippen MR) is 182 cm³/mol. The van der Waals surface area contributed by atoms with Crippen LogP contribution in [0.15, 0.2) is 15.8 Å². The molecule has 1 aromatic rings. The van der Waals surface area contributed by atoms with Gasteiger partial charge < -0.3 is 14.2 Å². The molecule has 0 aliphatic carbocycles. The Morgan fingerprint density at radius 1 is 0.875 bits per heavy atom. The maximum Gasteiger partial charge on any atom is 0.423 e. The summed E-state index contributed by atoms with van der Waals surface area (Å²) >= 11 is 0. The number of nitrogens with zero attached hydrogens (tertiary/aromatic N) is 1. The Balaban J connectivity index is 1.51. The molecule has 2 heterocycles. The van der Waals surface area contributed by atoms with Crippen molar-refractivity contribution in [1.29, 1.82) is 0 Å². The second-order valence-corrected chi connectivity index (χ2v) is 13.1. The molecule has 0 saturated carbocycles. The molecule has 1 fully saturated rings. The highest BCUT2D eigenvalue weighted by Gasteiger charge is 2.40. The zero-order chi connectivity index (χ0) is 35.0. The number of hydrogen-bond donors (Lipinski definition) is 1. The number of rotatable bonds is 27. The molecule has 11 heteroatoms. The largest absolute Gasteiger partial charge is 0.463 e. The number of halogens is 3. The molecule has 1 N–H and O–H groups in total. The fourth-order valence-electron chi connectivity index (χ4n) is 6.20. The summed E-state index contributed by atoms with van der Waals surface area (Å²) in [5, 5.41) is 0. The summed E-state index contributed by atoms with van der Waals surface area (Å²) in [6.07, 6.45) is 25.2. The lowest BCUT2D eigenvalue weighted by Crippen LogP contribution is -2.36. The van der Waals surface area contributed by atoms with Crippen molar-refractivity contribution in [3.63, 3.8) is 0 Å². The summed E-state index contributed by atoms with van der Waals surface area (Å²) in [5.74, 6) is 1.90. The molecule has 0 spiro atoms. The van der Waals surface area contributed by atoms with Gasteiger partial charge in [-0.2, -0.15) is 13.2 Å². The summed E-state index contributed by atoms with van der Waals surface area (Å²) < 4.78 is 57.0. The zero-order valence-corrected chi connectivity index (χ0v) is 29.1. The number of hydrogen-bond acceptors (Lipinski definition) is 6. The van der Waals surface area contributed by atoms with Crippen molar-refractivity contribution in [3.05, 3.63) is 32.6 Å². The van der Waals surface area contributed by atoms with Gasteiger partial charge in [-0.25, -0.2) is 4.79 Å². The first kappa shape index (κ1) is 41.6. The third-order valence-corrected chi connectivity index (χ3v) is 9.04.